The van der Waals surface area contributed by atoms with Crippen molar-refractivity contribution in [3.05, 3.63) is 22.4 Å². The summed E-state index contributed by atoms with van der Waals surface area (Å²) in [5, 5.41) is 5.90. The van der Waals surface area contributed by atoms with E-state index < -0.39 is 0 Å². The molecule has 2 aliphatic rings. The van der Waals surface area contributed by atoms with E-state index in [0.29, 0.717) is 0 Å². The fourth-order valence-corrected chi connectivity index (χ4v) is 3.06. The zero-order valence-corrected chi connectivity index (χ0v) is 9.80. The molecule has 3 heteroatoms. The van der Waals surface area contributed by atoms with E-state index in [1.807, 2.05) is 11.3 Å². The van der Waals surface area contributed by atoms with Gasteiger partial charge in [0.15, 0.2) is 0 Å². The molecule has 2 fully saturated rings. The van der Waals surface area contributed by atoms with Crippen LogP contribution in [-0.4, -0.2) is 30.1 Å². The summed E-state index contributed by atoms with van der Waals surface area (Å²) >= 11 is 1.88. The molecule has 2 heterocycles. The summed E-state index contributed by atoms with van der Waals surface area (Å²) in [5.41, 5.74) is 0. The van der Waals surface area contributed by atoms with E-state index in [1.165, 1.54) is 37.2 Å². The molecule has 1 aliphatic heterocycles. The first-order valence-corrected chi connectivity index (χ1v) is 6.79. The molecule has 2 nitrogen and oxygen atoms in total. The Hall–Kier alpha value is -0.380. The predicted molar refractivity (Wildman–Crippen MR) is 64.2 cm³/mol. The predicted octanol–water partition coefficient (Wildman–Crippen LogP) is 2.07. The second kappa shape index (κ2) is 4.24. The number of hydrogen-bond donors (Lipinski definition) is 1. The van der Waals surface area contributed by atoms with Crippen molar-refractivity contribution in [1.29, 1.82) is 0 Å². The fourth-order valence-electron chi connectivity index (χ4n) is 2.32. The normalized spacial score (nSPS) is 27.3. The van der Waals surface area contributed by atoms with Gasteiger partial charge in [0.2, 0.25) is 0 Å². The largest absolute Gasteiger partial charge is 0.310 e. The van der Waals surface area contributed by atoms with Gasteiger partial charge in [-0.05, 0) is 30.7 Å². The van der Waals surface area contributed by atoms with Gasteiger partial charge in [-0.1, -0.05) is 6.07 Å². The fraction of sp³-hybridized carbons (Fsp3) is 0.667. The number of nitrogens with one attached hydrogen (secondary N) is 1. The van der Waals surface area contributed by atoms with Crippen LogP contribution in [0.4, 0.5) is 0 Å². The van der Waals surface area contributed by atoms with Crippen molar-refractivity contribution in [1.82, 2.24) is 10.2 Å². The summed E-state index contributed by atoms with van der Waals surface area (Å²) in [5.74, 6) is 0. The molecule has 3 rings (SSSR count). The molecule has 1 unspecified atom stereocenters. The first-order chi connectivity index (χ1) is 7.40. The molecule has 1 aromatic rings. The van der Waals surface area contributed by atoms with E-state index in [2.05, 4.69) is 27.7 Å². The smallest absolute Gasteiger partial charge is 0.0328 e. The van der Waals surface area contributed by atoms with E-state index in [9.17, 15) is 0 Å². The van der Waals surface area contributed by atoms with Crippen LogP contribution in [0.25, 0.3) is 0 Å². The highest BCUT2D eigenvalue weighted by Crippen LogP contribution is 2.23. The highest BCUT2D eigenvalue weighted by Gasteiger charge is 2.28. The SMILES string of the molecule is c1csc(CN2CCC(NC3CC3)C2)c1. The Bertz CT molecular complexity index is 305. The molecule has 1 saturated heterocycles. The molecule has 1 aliphatic carbocycles. The van der Waals surface area contributed by atoms with E-state index in [-0.39, 0.29) is 0 Å². The summed E-state index contributed by atoms with van der Waals surface area (Å²) in [4.78, 5) is 4.08. The highest BCUT2D eigenvalue weighted by atomic mass is 32.1. The number of rotatable bonds is 4. The lowest BCUT2D eigenvalue weighted by molar-refractivity contribution is 0.322. The van der Waals surface area contributed by atoms with Crippen molar-refractivity contribution >= 4 is 11.3 Å². The van der Waals surface area contributed by atoms with Gasteiger partial charge in [0, 0.05) is 36.6 Å². The van der Waals surface area contributed by atoms with Crippen LogP contribution in [-0.2, 0) is 6.54 Å². The van der Waals surface area contributed by atoms with Crippen molar-refractivity contribution in [3.8, 4) is 0 Å². The minimum Gasteiger partial charge on any atom is -0.310 e. The minimum absolute atomic E-state index is 0.762. The number of hydrogen-bond acceptors (Lipinski definition) is 3. The Morgan fingerprint density at radius 1 is 1.33 bits per heavy atom. The second-order valence-corrected chi connectivity index (χ2v) is 5.77. The molecule has 0 amide bonds. The third kappa shape index (κ3) is 2.60. The molecular formula is C12H18N2S. The maximum atomic E-state index is 3.72. The molecule has 0 spiro atoms. The van der Waals surface area contributed by atoms with Crippen LogP contribution in [0.15, 0.2) is 17.5 Å². The molecule has 1 aromatic heterocycles. The molecule has 82 valence electrons. The van der Waals surface area contributed by atoms with Crippen LogP contribution >= 0.6 is 11.3 Å². The average Bonchev–Trinajstić information content (AvgIpc) is 2.74. The maximum Gasteiger partial charge on any atom is 0.0328 e. The van der Waals surface area contributed by atoms with Crippen molar-refractivity contribution in [2.45, 2.75) is 37.9 Å². The Morgan fingerprint density at radius 2 is 2.27 bits per heavy atom. The third-order valence-electron chi connectivity index (χ3n) is 3.28. The molecule has 0 bridgehead atoms. The van der Waals surface area contributed by atoms with E-state index in [0.717, 1.165) is 18.6 Å². The van der Waals surface area contributed by atoms with Crippen molar-refractivity contribution < 1.29 is 0 Å². The Labute approximate surface area is 95.3 Å². The van der Waals surface area contributed by atoms with Gasteiger partial charge in [0.05, 0.1) is 0 Å². The van der Waals surface area contributed by atoms with Gasteiger partial charge >= 0.3 is 0 Å². The highest BCUT2D eigenvalue weighted by molar-refractivity contribution is 7.09. The van der Waals surface area contributed by atoms with Crippen LogP contribution in [0.2, 0.25) is 0 Å². The topological polar surface area (TPSA) is 15.3 Å². The number of likely N-dealkylation sites (tertiary alicyclic amines) is 1. The van der Waals surface area contributed by atoms with E-state index in [1.54, 1.807) is 0 Å². The van der Waals surface area contributed by atoms with Crippen LogP contribution in [0.1, 0.15) is 24.1 Å². The number of nitrogens with zero attached hydrogens (tertiary/aromatic N) is 1. The number of thiophene rings is 1. The van der Waals surface area contributed by atoms with Gasteiger partial charge in [-0.15, -0.1) is 11.3 Å². The van der Waals surface area contributed by atoms with Crippen LogP contribution in [0.3, 0.4) is 0 Å². The Kier molecular flexibility index (Phi) is 2.77. The summed E-state index contributed by atoms with van der Waals surface area (Å²) in [6, 6.07) is 6.01. The molecular weight excluding hydrogens is 204 g/mol. The molecule has 1 saturated carbocycles. The van der Waals surface area contributed by atoms with Gasteiger partial charge in [-0.25, -0.2) is 0 Å². The molecule has 0 radical (unpaired) electrons. The summed E-state index contributed by atoms with van der Waals surface area (Å²) in [6.45, 7) is 3.66. The molecule has 1 N–H and O–H groups in total. The van der Waals surface area contributed by atoms with E-state index in [4.69, 9.17) is 0 Å². The lowest BCUT2D eigenvalue weighted by Crippen LogP contribution is -2.33. The molecule has 15 heavy (non-hydrogen) atoms. The molecule has 1 atom stereocenters. The first-order valence-electron chi connectivity index (χ1n) is 5.91. The molecule has 0 aromatic carbocycles. The summed E-state index contributed by atoms with van der Waals surface area (Å²) < 4.78 is 0. The quantitative estimate of drug-likeness (QED) is 0.839. The Morgan fingerprint density at radius 3 is 3.00 bits per heavy atom. The van der Waals surface area contributed by atoms with Gasteiger partial charge < -0.3 is 5.32 Å². The summed E-state index contributed by atoms with van der Waals surface area (Å²) in [7, 11) is 0. The average molecular weight is 222 g/mol. The zero-order chi connectivity index (χ0) is 10.1. The Balaban J connectivity index is 1.48. The third-order valence-corrected chi connectivity index (χ3v) is 4.14. The second-order valence-electron chi connectivity index (χ2n) is 4.74. The van der Waals surface area contributed by atoms with Crippen LogP contribution in [0, 0.1) is 0 Å². The maximum absolute atomic E-state index is 3.72. The van der Waals surface area contributed by atoms with Gasteiger partial charge in [-0.3, -0.25) is 4.90 Å². The first kappa shape index (κ1) is 9.82. The van der Waals surface area contributed by atoms with Crippen LogP contribution in [0.5, 0.6) is 0 Å². The lowest BCUT2D eigenvalue weighted by Gasteiger charge is -2.15. The van der Waals surface area contributed by atoms with Crippen molar-refractivity contribution in [2.75, 3.05) is 13.1 Å². The van der Waals surface area contributed by atoms with Crippen molar-refractivity contribution in [2.24, 2.45) is 0 Å². The van der Waals surface area contributed by atoms with Gasteiger partial charge in [-0.2, -0.15) is 0 Å². The lowest BCUT2D eigenvalue weighted by atomic mass is 10.2. The zero-order valence-electron chi connectivity index (χ0n) is 8.98. The minimum atomic E-state index is 0.762. The van der Waals surface area contributed by atoms with Crippen molar-refractivity contribution in [3.63, 3.8) is 0 Å². The monoisotopic (exact) mass is 222 g/mol. The summed E-state index contributed by atoms with van der Waals surface area (Å²) in [6.07, 6.45) is 4.14. The standard InChI is InChI=1S/C12H18N2S/c1-2-12(15-7-1)9-14-6-5-11(8-14)13-10-3-4-10/h1-2,7,10-11,13H,3-6,8-9H2. The van der Waals surface area contributed by atoms with Gasteiger partial charge in [0.25, 0.3) is 0 Å². The van der Waals surface area contributed by atoms with E-state index >= 15 is 0 Å². The van der Waals surface area contributed by atoms with Gasteiger partial charge in [0.1, 0.15) is 0 Å². The van der Waals surface area contributed by atoms with Crippen LogP contribution < -0.4 is 5.32 Å².